The molecule has 0 saturated carbocycles. The van der Waals surface area contributed by atoms with E-state index in [0.29, 0.717) is 19.0 Å². The van der Waals surface area contributed by atoms with Gasteiger partial charge in [0.05, 0.1) is 5.52 Å². The molecule has 0 atom stereocenters. The fourth-order valence-electron chi connectivity index (χ4n) is 3.05. The Morgan fingerprint density at radius 1 is 1.03 bits per heavy atom. The van der Waals surface area contributed by atoms with Gasteiger partial charge in [0, 0.05) is 18.0 Å². The molecule has 1 aromatic heterocycles. The number of aryl methyl sites for hydroxylation is 1. The van der Waals surface area contributed by atoms with Crippen molar-refractivity contribution in [2.75, 3.05) is 5.32 Å². The molecule has 3 aromatic carbocycles. The summed E-state index contributed by atoms with van der Waals surface area (Å²) >= 11 is 0. The Balaban J connectivity index is 1.39. The molecule has 0 fully saturated rings. The molecule has 4 aromatic rings. The van der Waals surface area contributed by atoms with Crippen molar-refractivity contribution in [1.82, 2.24) is 15.5 Å². The number of nitrogens with one attached hydrogen (secondary N) is 3. The van der Waals surface area contributed by atoms with E-state index in [2.05, 4.69) is 39.9 Å². The van der Waals surface area contributed by atoms with Gasteiger partial charge in [-0.05, 0) is 35.7 Å². The van der Waals surface area contributed by atoms with Crippen LogP contribution in [0.15, 0.2) is 72.8 Å². The second-order valence-corrected chi connectivity index (χ2v) is 6.79. The van der Waals surface area contributed by atoms with Crippen LogP contribution in [0.4, 0.5) is 10.6 Å². The fraction of sp³-hybridized carbons (Fsp3) is 0.130. The van der Waals surface area contributed by atoms with Crippen LogP contribution >= 0.6 is 0 Å². The first-order valence-electron chi connectivity index (χ1n) is 9.43. The summed E-state index contributed by atoms with van der Waals surface area (Å²) in [6, 6.07) is 23.2. The average molecular weight is 386 g/mol. The number of anilines is 1. The molecule has 0 unspecified atom stereocenters. The minimum atomic E-state index is -0.304. The van der Waals surface area contributed by atoms with Gasteiger partial charge in [-0.3, -0.25) is 10.4 Å². The normalized spacial score (nSPS) is 10.7. The second-order valence-electron chi connectivity index (χ2n) is 6.79. The molecule has 0 saturated heterocycles. The highest BCUT2D eigenvalue weighted by molar-refractivity contribution is 5.99. The maximum absolute atomic E-state index is 12.2. The molecule has 146 valence electrons. The maximum Gasteiger partial charge on any atom is 0.320 e. The molecule has 4 rings (SSSR count). The van der Waals surface area contributed by atoms with Gasteiger partial charge >= 0.3 is 6.03 Å². The lowest BCUT2D eigenvalue weighted by molar-refractivity contribution is 0.251. The van der Waals surface area contributed by atoms with Gasteiger partial charge in [0.1, 0.15) is 12.4 Å². The van der Waals surface area contributed by atoms with Crippen LogP contribution in [0, 0.1) is 6.92 Å². The van der Waals surface area contributed by atoms with Crippen LogP contribution in [0.1, 0.15) is 16.7 Å². The summed E-state index contributed by atoms with van der Waals surface area (Å²) in [5.74, 6) is 1.22. The van der Waals surface area contributed by atoms with Gasteiger partial charge < -0.3 is 10.1 Å². The number of hydrogen-bond donors (Lipinski definition) is 3. The van der Waals surface area contributed by atoms with Crippen molar-refractivity contribution in [2.24, 2.45) is 0 Å². The standard InChI is InChI=1S/C23H22N4O2/c1-16-7-5-6-10-18(16)15-29-19-11-12-20-21(13-19)26-27-22(20)25-23(28)24-14-17-8-3-2-4-9-17/h2-13H,14-15H2,1H3,(H3,24,25,26,27,28). The zero-order valence-electron chi connectivity index (χ0n) is 16.1. The molecule has 0 spiro atoms. The van der Waals surface area contributed by atoms with Crippen LogP contribution in [0.3, 0.4) is 0 Å². The summed E-state index contributed by atoms with van der Waals surface area (Å²) in [6.07, 6.45) is 0. The van der Waals surface area contributed by atoms with E-state index in [1.165, 1.54) is 5.56 Å². The second kappa shape index (κ2) is 8.48. The number of H-pyrrole nitrogens is 1. The van der Waals surface area contributed by atoms with E-state index in [4.69, 9.17) is 4.74 Å². The third-order valence-corrected chi connectivity index (χ3v) is 4.72. The van der Waals surface area contributed by atoms with E-state index < -0.39 is 0 Å². The van der Waals surface area contributed by atoms with E-state index >= 15 is 0 Å². The lowest BCUT2D eigenvalue weighted by atomic mass is 10.1. The molecule has 0 aliphatic rings. The first-order chi connectivity index (χ1) is 14.2. The highest BCUT2D eigenvalue weighted by Crippen LogP contribution is 2.25. The largest absolute Gasteiger partial charge is 0.489 e. The lowest BCUT2D eigenvalue weighted by Gasteiger charge is -2.09. The molecule has 2 amide bonds. The first-order valence-corrected chi connectivity index (χ1v) is 9.43. The SMILES string of the molecule is Cc1ccccc1COc1ccc2c(NC(=O)NCc3ccccc3)n[nH]c2c1. The average Bonchev–Trinajstić information content (AvgIpc) is 3.14. The number of amides is 2. The molecule has 6 heteroatoms. The van der Waals surface area contributed by atoms with E-state index in [1.807, 2.05) is 60.7 Å². The van der Waals surface area contributed by atoms with Crippen LogP contribution < -0.4 is 15.4 Å². The van der Waals surface area contributed by atoms with Crippen molar-refractivity contribution >= 4 is 22.8 Å². The van der Waals surface area contributed by atoms with Gasteiger partial charge in [0.15, 0.2) is 5.82 Å². The number of aromatic amines is 1. The number of carbonyl (C=O) groups is 1. The summed E-state index contributed by atoms with van der Waals surface area (Å²) in [7, 11) is 0. The molecule has 0 aliphatic heterocycles. The number of benzene rings is 3. The van der Waals surface area contributed by atoms with Crippen LogP contribution in [0.25, 0.3) is 10.9 Å². The number of hydrogen-bond acceptors (Lipinski definition) is 3. The zero-order valence-corrected chi connectivity index (χ0v) is 16.1. The number of fused-ring (bicyclic) bond motifs is 1. The van der Waals surface area contributed by atoms with Crippen molar-refractivity contribution in [2.45, 2.75) is 20.1 Å². The molecular weight excluding hydrogens is 364 g/mol. The fourth-order valence-corrected chi connectivity index (χ4v) is 3.05. The van der Waals surface area contributed by atoms with Gasteiger partial charge in [-0.25, -0.2) is 4.79 Å². The zero-order chi connectivity index (χ0) is 20.1. The molecule has 1 heterocycles. The molecule has 3 N–H and O–H groups in total. The van der Waals surface area contributed by atoms with Crippen molar-refractivity contribution in [3.63, 3.8) is 0 Å². The van der Waals surface area contributed by atoms with E-state index in [1.54, 1.807) is 0 Å². The third kappa shape index (κ3) is 4.55. The van der Waals surface area contributed by atoms with E-state index in [9.17, 15) is 4.79 Å². The summed E-state index contributed by atoms with van der Waals surface area (Å²) in [5, 5.41) is 13.6. The van der Waals surface area contributed by atoms with Crippen LogP contribution in [0.2, 0.25) is 0 Å². The molecule has 0 bridgehead atoms. The summed E-state index contributed by atoms with van der Waals surface area (Å²) < 4.78 is 5.91. The Bertz CT molecular complexity index is 1120. The molecule has 6 nitrogen and oxygen atoms in total. The Labute approximate surface area is 168 Å². The number of rotatable bonds is 6. The molecule has 0 radical (unpaired) electrons. The van der Waals surface area contributed by atoms with Crippen LogP contribution in [-0.2, 0) is 13.2 Å². The van der Waals surface area contributed by atoms with Gasteiger partial charge in [0.25, 0.3) is 0 Å². The number of urea groups is 1. The van der Waals surface area contributed by atoms with Gasteiger partial charge in [-0.1, -0.05) is 54.6 Å². The number of nitrogens with zero attached hydrogens (tertiary/aromatic N) is 1. The minimum Gasteiger partial charge on any atom is -0.489 e. The van der Waals surface area contributed by atoms with Gasteiger partial charge in [-0.15, -0.1) is 0 Å². The highest BCUT2D eigenvalue weighted by atomic mass is 16.5. The third-order valence-electron chi connectivity index (χ3n) is 4.72. The monoisotopic (exact) mass is 386 g/mol. The van der Waals surface area contributed by atoms with E-state index in [0.717, 1.165) is 27.8 Å². The minimum absolute atomic E-state index is 0.304. The lowest BCUT2D eigenvalue weighted by Crippen LogP contribution is -2.28. The maximum atomic E-state index is 12.2. The molecule has 29 heavy (non-hydrogen) atoms. The van der Waals surface area contributed by atoms with Crippen LogP contribution in [0.5, 0.6) is 5.75 Å². The Morgan fingerprint density at radius 3 is 2.66 bits per heavy atom. The number of carbonyl (C=O) groups excluding carboxylic acids is 1. The smallest absolute Gasteiger partial charge is 0.320 e. The Morgan fingerprint density at radius 2 is 1.83 bits per heavy atom. The predicted octanol–water partition coefficient (Wildman–Crippen LogP) is 4.77. The van der Waals surface area contributed by atoms with Crippen LogP contribution in [-0.4, -0.2) is 16.2 Å². The van der Waals surface area contributed by atoms with Crippen molar-refractivity contribution in [1.29, 1.82) is 0 Å². The summed E-state index contributed by atoms with van der Waals surface area (Å²) in [4.78, 5) is 12.2. The topological polar surface area (TPSA) is 79.0 Å². The predicted molar refractivity (Wildman–Crippen MR) is 114 cm³/mol. The van der Waals surface area contributed by atoms with E-state index in [-0.39, 0.29) is 6.03 Å². The van der Waals surface area contributed by atoms with Crippen molar-refractivity contribution in [3.8, 4) is 5.75 Å². The first kappa shape index (κ1) is 18.6. The summed E-state index contributed by atoms with van der Waals surface area (Å²) in [5.41, 5.74) is 4.17. The summed E-state index contributed by atoms with van der Waals surface area (Å²) in [6.45, 7) is 3.02. The quantitative estimate of drug-likeness (QED) is 0.446. The Kier molecular flexibility index (Phi) is 5.42. The highest BCUT2D eigenvalue weighted by Gasteiger charge is 2.10. The number of ether oxygens (including phenoxy) is 1. The van der Waals surface area contributed by atoms with Gasteiger partial charge in [0.2, 0.25) is 0 Å². The molecule has 0 aliphatic carbocycles. The molecular formula is C23H22N4O2. The van der Waals surface area contributed by atoms with Crippen molar-refractivity contribution < 1.29 is 9.53 Å². The Hall–Kier alpha value is -3.80. The van der Waals surface area contributed by atoms with Crippen molar-refractivity contribution in [3.05, 3.63) is 89.5 Å². The number of aromatic nitrogens is 2. The van der Waals surface area contributed by atoms with Gasteiger partial charge in [-0.2, -0.15) is 5.10 Å².